The zero-order chi connectivity index (χ0) is 22.0. The molecular formula is C21H26F3N5O2. The topological polar surface area (TPSA) is 71.4 Å². The molecule has 168 valence electrons. The Labute approximate surface area is 178 Å². The van der Waals surface area contributed by atoms with Gasteiger partial charge in [-0.1, -0.05) is 29.8 Å². The van der Waals surface area contributed by atoms with Crippen molar-refractivity contribution in [1.29, 1.82) is 0 Å². The number of benzene rings is 1. The van der Waals surface area contributed by atoms with E-state index in [1.807, 2.05) is 31.2 Å². The summed E-state index contributed by atoms with van der Waals surface area (Å²) in [7, 11) is 0. The van der Waals surface area contributed by atoms with Crippen LogP contribution in [0.2, 0.25) is 0 Å². The van der Waals surface area contributed by atoms with E-state index in [1.54, 1.807) is 0 Å². The number of rotatable bonds is 5. The molecule has 0 aliphatic carbocycles. The number of alkyl halides is 3. The van der Waals surface area contributed by atoms with Crippen LogP contribution >= 0.6 is 0 Å². The minimum Gasteiger partial charge on any atom is -0.379 e. The Hall–Kier alpha value is -2.59. The fourth-order valence-electron chi connectivity index (χ4n) is 3.94. The number of aryl methyl sites for hydroxylation is 1. The third-order valence-electron chi connectivity index (χ3n) is 5.72. The van der Waals surface area contributed by atoms with E-state index in [0.717, 1.165) is 28.9 Å². The summed E-state index contributed by atoms with van der Waals surface area (Å²) >= 11 is 0. The van der Waals surface area contributed by atoms with Crippen molar-refractivity contribution < 1.29 is 22.7 Å². The second-order valence-electron chi connectivity index (χ2n) is 7.97. The molecule has 3 heterocycles. The number of morpholine rings is 1. The van der Waals surface area contributed by atoms with E-state index in [2.05, 4.69) is 20.6 Å². The van der Waals surface area contributed by atoms with Crippen molar-refractivity contribution in [3.05, 3.63) is 47.2 Å². The third kappa shape index (κ3) is 5.01. The number of ether oxygens (including phenoxy) is 1. The van der Waals surface area contributed by atoms with Gasteiger partial charge in [0.05, 0.1) is 19.3 Å². The largest absolute Gasteiger partial charge is 0.410 e. The smallest absolute Gasteiger partial charge is 0.379 e. The maximum Gasteiger partial charge on any atom is 0.410 e. The van der Waals surface area contributed by atoms with Gasteiger partial charge in [-0.25, -0.2) is 4.68 Å². The molecule has 1 aromatic heterocycles. The Kier molecular flexibility index (Phi) is 6.19. The summed E-state index contributed by atoms with van der Waals surface area (Å²) in [6, 6.07) is 6.47. The van der Waals surface area contributed by atoms with E-state index in [9.17, 15) is 18.0 Å². The molecule has 0 bridgehead atoms. The molecule has 2 aliphatic rings. The van der Waals surface area contributed by atoms with E-state index < -0.39 is 24.2 Å². The lowest BCUT2D eigenvalue weighted by Crippen LogP contribution is -2.41. The van der Waals surface area contributed by atoms with Gasteiger partial charge in [-0.15, -0.1) is 0 Å². The lowest BCUT2D eigenvalue weighted by atomic mass is 9.96. The number of halogens is 3. The molecule has 2 aliphatic heterocycles. The van der Waals surface area contributed by atoms with Gasteiger partial charge in [-0.3, -0.25) is 9.69 Å². The minimum atomic E-state index is -4.48. The van der Waals surface area contributed by atoms with Crippen LogP contribution in [0.1, 0.15) is 40.1 Å². The van der Waals surface area contributed by atoms with Gasteiger partial charge in [-0.2, -0.15) is 18.3 Å². The van der Waals surface area contributed by atoms with Gasteiger partial charge in [0.1, 0.15) is 5.82 Å². The Morgan fingerprint density at radius 1 is 1.26 bits per heavy atom. The van der Waals surface area contributed by atoms with Crippen LogP contribution in [0.3, 0.4) is 0 Å². The van der Waals surface area contributed by atoms with Crippen LogP contribution in [0.5, 0.6) is 0 Å². The SMILES string of the molecule is Cc1ccc([C@H]2C[C@@H](C(F)(F)F)n3nc(C(=O)NCCN4CCOCC4)cc3N2)cc1. The zero-order valence-electron chi connectivity index (χ0n) is 17.3. The molecule has 0 spiro atoms. The molecule has 2 aromatic rings. The highest BCUT2D eigenvalue weighted by atomic mass is 19.4. The van der Waals surface area contributed by atoms with Crippen LogP contribution in [0.25, 0.3) is 0 Å². The predicted octanol–water partition coefficient (Wildman–Crippen LogP) is 2.91. The zero-order valence-corrected chi connectivity index (χ0v) is 17.3. The summed E-state index contributed by atoms with van der Waals surface area (Å²) in [4.78, 5) is 14.7. The summed E-state index contributed by atoms with van der Waals surface area (Å²) in [5.41, 5.74) is 1.78. The van der Waals surface area contributed by atoms with E-state index in [1.165, 1.54) is 6.07 Å². The first-order chi connectivity index (χ1) is 14.8. The molecule has 2 atom stereocenters. The molecule has 31 heavy (non-hydrogen) atoms. The van der Waals surface area contributed by atoms with Crippen LogP contribution in [0, 0.1) is 6.92 Å². The number of hydrogen-bond donors (Lipinski definition) is 2. The summed E-state index contributed by atoms with van der Waals surface area (Å²) in [5.74, 6) is -0.290. The molecule has 4 rings (SSSR count). The maximum atomic E-state index is 13.8. The molecule has 10 heteroatoms. The normalized spacial score (nSPS) is 21.9. The standard InChI is InChI=1S/C21H26F3N5O2/c1-14-2-4-15(5-3-14)16-12-18(21(22,23)24)29-19(26-16)13-17(27-29)20(30)25-6-7-28-8-10-31-11-9-28/h2-5,13,16,18,26H,6-12H2,1H3,(H,25,30)/t16-,18+/m1/s1. The van der Waals surface area contributed by atoms with E-state index >= 15 is 0 Å². The monoisotopic (exact) mass is 437 g/mol. The molecule has 2 N–H and O–H groups in total. The van der Waals surface area contributed by atoms with Crippen LogP contribution < -0.4 is 10.6 Å². The second-order valence-corrected chi connectivity index (χ2v) is 7.97. The first-order valence-corrected chi connectivity index (χ1v) is 10.4. The lowest BCUT2D eigenvalue weighted by Gasteiger charge is -2.33. The van der Waals surface area contributed by atoms with Crippen molar-refractivity contribution in [2.45, 2.75) is 31.6 Å². The van der Waals surface area contributed by atoms with Crippen LogP contribution in [0.4, 0.5) is 19.0 Å². The van der Waals surface area contributed by atoms with Crippen LogP contribution in [-0.2, 0) is 4.74 Å². The maximum absolute atomic E-state index is 13.8. The fourth-order valence-corrected chi connectivity index (χ4v) is 3.94. The number of carbonyl (C=O) groups excluding carboxylic acids is 1. The predicted molar refractivity (Wildman–Crippen MR) is 109 cm³/mol. The van der Waals surface area contributed by atoms with E-state index in [0.29, 0.717) is 26.3 Å². The van der Waals surface area contributed by atoms with E-state index in [-0.39, 0.29) is 17.9 Å². The molecule has 1 saturated heterocycles. The van der Waals surface area contributed by atoms with Crippen molar-refractivity contribution >= 4 is 11.7 Å². The molecule has 0 saturated carbocycles. The van der Waals surface area contributed by atoms with Crippen molar-refractivity contribution in [3.63, 3.8) is 0 Å². The van der Waals surface area contributed by atoms with Gasteiger partial charge in [-0.05, 0) is 12.5 Å². The van der Waals surface area contributed by atoms with Gasteiger partial charge < -0.3 is 15.4 Å². The van der Waals surface area contributed by atoms with Crippen molar-refractivity contribution in [2.75, 3.05) is 44.7 Å². The quantitative estimate of drug-likeness (QED) is 0.753. The highest BCUT2D eigenvalue weighted by molar-refractivity contribution is 5.93. The first-order valence-electron chi connectivity index (χ1n) is 10.4. The number of aromatic nitrogens is 2. The number of hydrogen-bond acceptors (Lipinski definition) is 5. The van der Waals surface area contributed by atoms with Crippen LogP contribution in [-0.4, -0.2) is 66.2 Å². The number of amides is 1. The number of nitrogens with one attached hydrogen (secondary N) is 2. The van der Waals surface area contributed by atoms with Gasteiger partial charge in [0.2, 0.25) is 0 Å². The van der Waals surface area contributed by atoms with Gasteiger partial charge in [0.15, 0.2) is 11.7 Å². The Balaban J connectivity index is 1.48. The Morgan fingerprint density at radius 3 is 2.65 bits per heavy atom. The molecule has 0 radical (unpaired) electrons. The molecule has 1 aromatic carbocycles. The van der Waals surface area contributed by atoms with Gasteiger partial charge >= 0.3 is 6.18 Å². The third-order valence-corrected chi connectivity index (χ3v) is 5.72. The second kappa shape index (κ2) is 8.88. The number of anilines is 1. The number of fused-ring (bicyclic) bond motifs is 1. The average molecular weight is 437 g/mol. The van der Waals surface area contributed by atoms with Crippen molar-refractivity contribution in [1.82, 2.24) is 20.0 Å². The average Bonchev–Trinajstić information content (AvgIpc) is 3.18. The molecule has 1 fully saturated rings. The first kappa shape index (κ1) is 21.6. The van der Waals surface area contributed by atoms with Crippen molar-refractivity contribution in [3.8, 4) is 0 Å². The van der Waals surface area contributed by atoms with E-state index in [4.69, 9.17) is 4.74 Å². The fraction of sp³-hybridized carbons (Fsp3) is 0.524. The Morgan fingerprint density at radius 2 is 1.97 bits per heavy atom. The summed E-state index contributed by atoms with van der Waals surface area (Å²) in [6.45, 7) is 5.89. The highest BCUT2D eigenvalue weighted by Gasteiger charge is 2.46. The number of nitrogens with zero attached hydrogens (tertiary/aromatic N) is 3. The minimum absolute atomic E-state index is 0.0247. The summed E-state index contributed by atoms with van der Waals surface area (Å²) < 4.78 is 47.5. The number of carbonyl (C=O) groups is 1. The molecule has 1 amide bonds. The van der Waals surface area contributed by atoms with Gasteiger partial charge in [0.25, 0.3) is 5.91 Å². The molecule has 7 nitrogen and oxygen atoms in total. The van der Waals surface area contributed by atoms with Gasteiger partial charge in [0, 0.05) is 38.7 Å². The lowest BCUT2D eigenvalue weighted by molar-refractivity contribution is -0.173. The molecular weight excluding hydrogens is 411 g/mol. The molecule has 0 unspecified atom stereocenters. The van der Waals surface area contributed by atoms with Crippen LogP contribution in [0.15, 0.2) is 30.3 Å². The Bertz CT molecular complexity index is 907. The summed E-state index contributed by atoms with van der Waals surface area (Å²) in [5, 5.41) is 9.86. The summed E-state index contributed by atoms with van der Waals surface area (Å²) in [6.07, 6.45) is -4.67. The highest BCUT2D eigenvalue weighted by Crippen LogP contribution is 2.43. The van der Waals surface area contributed by atoms with Crippen molar-refractivity contribution in [2.24, 2.45) is 0 Å².